The molecule has 13 heavy (non-hydrogen) atoms. The molecule has 6 nitrogen and oxygen atoms in total. The van der Waals surface area contributed by atoms with E-state index in [4.69, 9.17) is 20.4 Å². The van der Waals surface area contributed by atoms with E-state index in [1.807, 2.05) is 0 Å². The van der Waals surface area contributed by atoms with Crippen molar-refractivity contribution in [3.63, 3.8) is 0 Å². The number of aliphatic hydroxyl groups is 2. The maximum absolute atomic E-state index is 10.3. The SMILES string of the molecule is O=C(O)CC(CO)(CO)CC(=O)O. The molecule has 0 spiro atoms. The quantitative estimate of drug-likeness (QED) is 0.425. The van der Waals surface area contributed by atoms with Crippen molar-refractivity contribution in [2.24, 2.45) is 5.41 Å². The van der Waals surface area contributed by atoms with Crippen molar-refractivity contribution >= 4 is 11.9 Å². The first-order valence-electron chi connectivity index (χ1n) is 3.61. The van der Waals surface area contributed by atoms with Crippen LogP contribution in [0.25, 0.3) is 0 Å². The molecule has 0 rings (SSSR count). The van der Waals surface area contributed by atoms with Gasteiger partial charge < -0.3 is 20.4 Å². The summed E-state index contributed by atoms with van der Waals surface area (Å²) < 4.78 is 0. The third-order valence-corrected chi connectivity index (χ3v) is 1.72. The summed E-state index contributed by atoms with van der Waals surface area (Å²) in [6, 6.07) is 0. The number of hydrogen-bond donors (Lipinski definition) is 4. The van der Waals surface area contributed by atoms with Gasteiger partial charge in [-0.05, 0) is 0 Å². The van der Waals surface area contributed by atoms with Crippen molar-refractivity contribution in [2.45, 2.75) is 12.8 Å². The first-order valence-corrected chi connectivity index (χ1v) is 3.61. The number of rotatable bonds is 6. The van der Waals surface area contributed by atoms with Gasteiger partial charge >= 0.3 is 11.9 Å². The highest BCUT2D eigenvalue weighted by atomic mass is 16.4. The molecule has 0 aromatic heterocycles. The Morgan fingerprint density at radius 3 is 1.38 bits per heavy atom. The van der Waals surface area contributed by atoms with Crippen molar-refractivity contribution in [1.82, 2.24) is 0 Å². The number of aliphatic carboxylic acids is 2. The lowest BCUT2D eigenvalue weighted by Crippen LogP contribution is -2.35. The second-order valence-electron chi connectivity index (χ2n) is 2.96. The molecule has 0 saturated heterocycles. The van der Waals surface area contributed by atoms with Gasteiger partial charge in [-0.1, -0.05) is 0 Å². The topological polar surface area (TPSA) is 115 Å². The fourth-order valence-corrected chi connectivity index (χ4v) is 0.978. The lowest BCUT2D eigenvalue weighted by molar-refractivity contribution is -0.147. The van der Waals surface area contributed by atoms with Gasteiger partial charge in [0.1, 0.15) is 0 Å². The van der Waals surface area contributed by atoms with Crippen LogP contribution in [0.15, 0.2) is 0 Å². The molecule has 0 aliphatic rings. The molecule has 0 aliphatic heterocycles. The molecule has 0 bridgehead atoms. The summed E-state index contributed by atoms with van der Waals surface area (Å²) in [5, 5.41) is 34.4. The lowest BCUT2D eigenvalue weighted by Gasteiger charge is -2.25. The molecule has 0 radical (unpaired) electrons. The minimum atomic E-state index is -1.46. The van der Waals surface area contributed by atoms with Crippen LogP contribution in [-0.2, 0) is 9.59 Å². The number of carboxylic acid groups (broad SMARTS) is 2. The smallest absolute Gasteiger partial charge is 0.304 e. The van der Waals surface area contributed by atoms with Crippen LogP contribution in [0.2, 0.25) is 0 Å². The van der Waals surface area contributed by atoms with Gasteiger partial charge in [0.2, 0.25) is 0 Å². The Labute approximate surface area is 74.4 Å². The van der Waals surface area contributed by atoms with Crippen LogP contribution in [-0.4, -0.2) is 45.6 Å². The predicted octanol–water partition coefficient (Wildman–Crippen LogP) is -1.09. The number of hydrogen-bond acceptors (Lipinski definition) is 4. The maximum atomic E-state index is 10.3. The van der Waals surface area contributed by atoms with Crippen molar-refractivity contribution in [2.75, 3.05) is 13.2 Å². The van der Waals surface area contributed by atoms with Crippen molar-refractivity contribution < 1.29 is 30.0 Å². The van der Waals surface area contributed by atoms with Crippen LogP contribution < -0.4 is 0 Å². The van der Waals surface area contributed by atoms with Crippen LogP contribution in [0.3, 0.4) is 0 Å². The summed E-state index contributed by atoms with van der Waals surface area (Å²) in [6.07, 6.45) is -1.13. The molecule has 76 valence electrons. The van der Waals surface area contributed by atoms with E-state index in [9.17, 15) is 9.59 Å². The van der Waals surface area contributed by atoms with E-state index >= 15 is 0 Å². The highest BCUT2D eigenvalue weighted by Gasteiger charge is 2.34. The zero-order valence-electron chi connectivity index (χ0n) is 6.93. The van der Waals surface area contributed by atoms with Gasteiger partial charge in [0, 0.05) is 5.41 Å². The Balaban J connectivity index is 4.48. The molecule has 4 N–H and O–H groups in total. The minimum absolute atomic E-state index is 0.563. The Morgan fingerprint density at radius 1 is 0.923 bits per heavy atom. The molecular formula is C7H12O6. The van der Waals surface area contributed by atoms with Crippen molar-refractivity contribution in [3.8, 4) is 0 Å². The van der Waals surface area contributed by atoms with Crippen LogP contribution in [0.1, 0.15) is 12.8 Å². The first kappa shape index (κ1) is 11.9. The molecule has 0 saturated carbocycles. The summed E-state index contributed by atoms with van der Waals surface area (Å²) in [6.45, 7) is -1.33. The second kappa shape index (κ2) is 4.78. The zero-order valence-corrected chi connectivity index (χ0v) is 6.93. The third kappa shape index (κ3) is 3.86. The summed E-state index contributed by atoms with van der Waals surface area (Å²) >= 11 is 0. The third-order valence-electron chi connectivity index (χ3n) is 1.72. The van der Waals surface area contributed by atoms with E-state index in [1.54, 1.807) is 0 Å². The molecule has 0 unspecified atom stereocenters. The van der Waals surface area contributed by atoms with Gasteiger partial charge in [0.15, 0.2) is 0 Å². The number of carbonyl (C=O) groups is 2. The Bertz CT molecular complexity index is 177. The van der Waals surface area contributed by atoms with E-state index in [1.165, 1.54) is 0 Å². The van der Waals surface area contributed by atoms with Crippen LogP contribution in [0.5, 0.6) is 0 Å². The van der Waals surface area contributed by atoms with Crippen molar-refractivity contribution in [1.29, 1.82) is 0 Å². The minimum Gasteiger partial charge on any atom is -0.481 e. The van der Waals surface area contributed by atoms with Gasteiger partial charge in [-0.3, -0.25) is 9.59 Å². The summed E-state index contributed by atoms with van der Waals surface area (Å²) in [7, 11) is 0. The van der Waals surface area contributed by atoms with Crippen LogP contribution in [0, 0.1) is 5.41 Å². The van der Waals surface area contributed by atoms with E-state index in [-0.39, 0.29) is 0 Å². The van der Waals surface area contributed by atoms with Gasteiger partial charge in [-0.15, -0.1) is 0 Å². The van der Waals surface area contributed by atoms with Crippen LogP contribution in [0.4, 0.5) is 0 Å². The molecule has 0 fully saturated rings. The van der Waals surface area contributed by atoms with Gasteiger partial charge in [-0.25, -0.2) is 0 Å². The highest BCUT2D eigenvalue weighted by molar-refractivity contribution is 5.72. The van der Waals surface area contributed by atoms with E-state index in [0.717, 1.165) is 0 Å². The fraction of sp³-hybridized carbons (Fsp3) is 0.714. The highest BCUT2D eigenvalue weighted by Crippen LogP contribution is 2.25. The second-order valence-corrected chi connectivity index (χ2v) is 2.96. The zero-order chi connectivity index (χ0) is 10.5. The average molecular weight is 192 g/mol. The number of carboxylic acids is 2. The molecule has 0 amide bonds. The maximum Gasteiger partial charge on any atom is 0.304 e. The van der Waals surface area contributed by atoms with E-state index in [0.29, 0.717) is 0 Å². The molecule has 0 heterocycles. The number of aliphatic hydroxyl groups excluding tert-OH is 2. The molecule has 0 aromatic rings. The first-order chi connectivity index (χ1) is 5.95. The normalized spacial score (nSPS) is 11.2. The predicted molar refractivity (Wildman–Crippen MR) is 41.1 cm³/mol. The van der Waals surface area contributed by atoms with Gasteiger partial charge in [0.05, 0.1) is 26.1 Å². The van der Waals surface area contributed by atoms with Gasteiger partial charge in [-0.2, -0.15) is 0 Å². The Hall–Kier alpha value is -1.14. The standard InChI is InChI=1S/C7H12O6/c8-3-7(4-9,1-5(10)11)2-6(12)13/h8-9H,1-4H2,(H,10,11)(H,12,13). The van der Waals surface area contributed by atoms with Crippen molar-refractivity contribution in [3.05, 3.63) is 0 Å². The Morgan fingerprint density at radius 2 is 1.23 bits per heavy atom. The van der Waals surface area contributed by atoms with E-state index < -0.39 is 43.4 Å². The van der Waals surface area contributed by atoms with Crippen LogP contribution >= 0.6 is 0 Å². The molecule has 6 heteroatoms. The average Bonchev–Trinajstić information content (AvgIpc) is 2.01. The lowest BCUT2D eigenvalue weighted by atomic mass is 9.83. The monoisotopic (exact) mass is 192 g/mol. The van der Waals surface area contributed by atoms with Gasteiger partial charge in [0.25, 0.3) is 0 Å². The molecule has 0 aromatic carbocycles. The fourth-order valence-electron chi connectivity index (χ4n) is 0.978. The van der Waals surface area contributed by atoms with E-state index in [2.05, 4.69) is 0 Å². The molecule has 0 atom stereocenters. The summed E-state index contributed by atoms with van der Waals surface area (Å²) in [5.74, 6) is -2.49. The summed E-state index contributed by atoms with van der Waals surface area (Å²) in [4.78, 5) is 20.6. The summed E-state index contributed by atoms with van der Waals surface area (Å²) in [5.41, 5.74) is -1.46. The Kier molecular flexibility index (Phi) is 4.36. The largest absolute Gasteiger partial charge is 0.481 e. The molecule has 0 aliphatic carbocycles. The molecular weight excluding hydrogens is 180 g/mol.